The lowest BCUT2D eigenvalue weighted by Crippen LogP contribution is -2.00. The summed E-state index contributed by atoms with van der Waals surface area (Å²) < 4.78 is 6.29. The summed E-state index contributed by atoms with van der Waals surface area (Å²) in [4.78, 5) is 28.5. The van der Waals surface area contributed by atoms with Crippen molar-refractivity contribution in [3.05, 3.63) is 158 Å². The third kappa shape index (κ3) is 5.39. The number of benzene rings is 5. The van der Waals surface area contributed by atoms with Crippen molar-refractivity contribution in [2.24, 2.45) is 0 Å². The molecule has 0 aliphatic carbocycles. The Bertz CT molecular complexity index is 2530. The van der Waals surface area contributed by atoms with E-state index >= 15 is 0 Å². The van der Waals surface area contributed by atoms with Gasteiger partial charge in [0.15, 0.2) is 23.1 Å². The second-order valence-corrected chi connectivity index (χ2v) is 11.6. The Labute approximate surface area is 281 Å². The first kappa shape index (κ1) is 28.4. The fraction of sp³-hybridized carbons (Fsp3) is 0. The summed E-state index contributed by atoms with van der Waals surface area (Å²) in [5.74, 6) is 1.86. The predicted octanol–water partition coefficient (Wildman–Crippen LogP) is 9.96. The zero-order valence-electron chi connectivity index (χ0n) is 26.1. The van der Waals surface area contributed by atoms with E-state index in [1.54, 1.807) is 6.33 Å². The van der Waals surface area contributed by atoms with E-state index < -0.39 is 0 Å². The largest absolute Gasteiger partial charge is 0.434 e. The first-order valence-corrected chi connectivity index (χ1v) is 15.9. The number of furan rings is 1. The zero-order valence-corrected chi connectivity index (χ0v) is 26.1. The van der Waals surface area contributed by atoms with Crippen molar-refractivity contribution in [2.45, 2.75) is 0 Å². The van der Waals surface area contributed by atoms with Crippen molar-refractivity contribution >= 4 is 22.2 Å². The molecule has 0 spiro atoms. The molecule has 0 saturated heterocycles. The molecule has 0 bridgehead atoms. The van der Waals surface area contributed by atoms with E-state index in [4.69, 9.17) is 24.4 Å². The van der Waals surface area contributed by atoms with Gasteiger partial charge in [0.1, 0.15) is 17.5 Å². The van der Waals surface area contributed by atoms with E-state index in [1.165, 1.54) is 0 Å². The number of hydrogen-bond acceptors (Lipinski definition) is 7. The van der Waals surface area contributed by atoms with Gasteiger partial charge in [0.05, 0.1) is 5.39 Å². The third-order valence-electron chi connectivity index (χ3n) is 8.53. The highest BCUT2D eigenvalue weighted by Gasteiger charge is 2.18. The van der Waals surface area contributed by atoms with Crippen LogP contribution >= 0.6 is 0 Å². The van der Waals surface area contributed by atoms with Gasteiger partial charge in [-0.2, -0.15) is 0 Å². The lowest BCUT2D eigenvalue weighted by atomic mass is 10.0. The van der Waals surface area contributed by atoms with Crippen molar-refractivity contribution in [1.29, 1.82) is 0 Å². The van der Waals surface area contributed by atoms with Crippen LogP contribution in [0, 0.1) is 0 Å². The average Bonchev–Trinajstić information content (AvgIpc) is 3.57. The van der Waals surface area contributed by atoms with Crippen molar-refractivity contribution in [2.75, 3.05) is 0 Å². The summed E-state index contributed by atoms with van der Waals surface area (Å²) in [6.45, 7) is 0. The fourth-order valence-corrected chi connectivity index (χ4v) is 6.05. The first-order chi connectivity index (χ1) is 24.3. The number of aromatic nitrogens is 6. The molecule has 0 radical (unpaired) electrons. The lowest BCUT2D eigenvalue weighted by Gasteiger charge is -2.09. The van der Waals surface area contributed by atoms with E-state index in [9.17, 15) is 0 Å². The van der Waals surface area contributed by atoms with Crippen molar-refractivity contribution in [3.8, 4) is 67.7 Å². The Hall–Kier alpha value is -6.86. The van der Waals surface area contributed by atoms with Crippen LogP contribution in [0.2, 0.25) is 0 Å². The summed E-state index contributed by atoms with van der Waals surface area (Å²) in [5.41, 5.74) is 10.5. The molecule has 0 aliphatic rings. The maximum absolute atomic E-state index is 6.29. The Kier molecular flexibility index (Phi) is 6.98. The summed E-state index contributed by atoms with van der Waals surface area (Å²) in [6, 6.07) is 48.8. The third-order valence-corrected chi connectivity index (χ3v) is 8.53. The van der Waals surface area contributed by atoms with Crippen LogP contribution in [-0.4, -0.2) is 29.9 Å². The normalized spacial score (nSPS) is 11.3. The molecule has 7 nitrogen and oxygen atoms in total. The minimum atomic E-state index is 0.517. The molecule has 9 rings (SSSR count). The Morgan fingerprint density at radius 3 is 1.53 bits per heavy atom. The monoisotopic (exact) mass is 630 g/mol. The number of fused-ring (bicyclic) bond motifs is 3. The van der Waals surface area contributed by atoms with Crippen LogP contribution in [0.4, 0.5) is 0 Å². The average molecular weight is 631 g/mol. The maximum atomic E-state index is 6.29. The molecule has 4 heterocycles. The molecule has 0 aliphatic heterocycles. The van der Waals surface area contributed by atoms with Crippen LogP contribution in [-0.2, 0) is 0 Å². The number of pyridine rings is 1. The minimum absolute atomic E-state index is 0.517. The zero-order chi connectivity index (χ0) is 32.6. The maximum Gasteiger partial charge on any atom is 0.229 e. The summed E-state index contributed by atoms with van der Waals surface area (Å²) in [5, 5.41) is 0.830. The molecule has 4 aromatic heterocycles. The molecular weight excluding hydrogens is 605 g/mol. The van der Waals surface area contributed by atoms with Crippen LogP contribution in [0.15, 0.2) is 163 Å². The van der Waals surface area contributed by atoms with E-state index in [1.807, 2.05) is 109 Å². The van der Waals surface area contributed by atoms with Gasteiger partial charge in [-0.3, -0.25) is 0 Å². The van der Waals surface area contributed by atoms with Crippen LogP contribution in [0.3, 0.4) is 0 Å². The second-order valence-electron chi connectivity index (χ2n) is 11.6. The van der Waals surface area contributed by atoms with Crippen molar-refractivity contribution < 1.29 is 4.42 Å². The molecule has 5 aromatic carbocycles. The molecule has 0 atom stereocenters. The van der Waals surface area contributed by atoms with Gasteiger partial charge in [-0.15, -0.1) is 0 Å². The highest BCUT2D eigenvalue weighted by molar-refractivity contribution is 6.06. The summed E-state index contributed by atoms with van der Waals surface area (Å²) in [6.07, 6.45) is 3.41. The van der Waals surface area contributed by atoms with Gasteiger partial charge in [0, 0.05) is 34.0 Å². The SMILES string of the molecule is c1ccc(-c2cccc(-c3ncnc4c3oc3ncc(-c5ccc(-c6nc(-c7ccccc7)nc(-c7ccccc7)n6)cc5)cc34)c2)cc1. The van der Waals surface area contributed by atoms with Crippen LogP contribution < -0.4 is 0 Å². The quantitative estimate of drug-likeness (QED) is 0.181. The fourth-order valence-electron chi connectivity index (χ4n) is 6.05. The smallest absolute Gasteiger partial charge is 0.229 e. The molecule has 0 fully saturated rings. The molecule has 0 unspecified atom stereocenters. The van der Waals surface area contributed by atoms with E-state index in [0.29, 0.717) is 28.8 Å². The van der Waals surface area contributed by atoms with E-state index in [0.717, 1.165) is 61.1 Å². The van der Waals surface area contributed by atoms with Gasteiger partial charge >= 0.3 is 0 Å². The molecular formula is C42H26N6O. The molecule has 230 valence electrons. The first-order valence-electron chi connectivity index (χ1n) is 15.9. The molecule has 0 N–H and O–H groups in total. The summed E-state index contributed by atoms with van der Waals surface area (Å²) in [7, 11) is 0. The molecule has 9 aromatic rings. The van der Waals surface area contributed by atoms with Gasteiger partial charge in [0.2, 0.25) is 5.71 Å². The molecule has 0 amide bonds. The molecule has 0 saturated carbocycles. The number of nitrogens with zero attached hydrogens (tertiary/aromatic N) is 6. The van der Waals surface area contributed by atoms with Gasteiger partial charge in [0.25, 0.3) is 0 Å². The van der Waals surface area contributed by atoms with Gasteiger partial charge in [-0.25, -0.2) is 29.9 Å². The van der Waals surface area contributed by atoms with Crippen molar-refractivity contribution in [3.63, 3.8) is 0 Å². The Morgan fingerprint density at radius 1 is 0.388 bits per heavy atom. The van der Waals surface area contributed by atoms with Gasteiger partial charge in [-0.1, -0.05) is 133 Å². The topological polar surface area (TPSA) is 90.5 Å². The lowest BCUT2D eigenvalue weighted by molar-refractivity contribution is 0.652. The van der Waals surface area contributed by atoms with Gasteiger partial charge < -0.3 is 4.42 Å². The molecule has 49 heavy (non-hydrogen) atoms. The second kappa shape index (κ2) is 12.1. The van der Waals surface area contributed by atoms with Crippen LogP contribution in [0.25, 0.3) is 89.9 Å². The van der Waals surface area contributed by atoms with Gasteiger partial charge in [-0.05, 0) is 28.8 Å². The van der Waals surface area contributed by atoms with E-state index in [-0.39, 0.29) is 0 Å². The minimum Gasteiger partial charge on any atom is -0.434 e. The highest BCUT2D eigenvalue weighted by Crippen LogP contribution is 2.36. The van der Waals surface area contributed by atoms with Crippen LogP contribution in [0.5, 0.6) is 0 Å². The Morgan fingerprint density at radius 2 is 0.898 bits per heavy atom. The van der Waals surface area contributed by atoms with Crippen LogP contribution in [0.1, 0.15) is 0 Å². The molecule has 7 heteroatoms. The predicted molar refractivity (Wildman–Crippen MR) is 193 cm³/mol. The highest BCUT2D eigenvalue weighted by atomic mass is 16.3. The Balaban J connectivity index is 1.08. The number of rotatable bonds is 6. The number of hydrogen-bond donors (Lipinski definition) is 0. The van der Waals surface area contributed by atoms with Crippen molar-refractivity contribution in [1.82, 2.24) is 29.9 Å². The standard InChI is InChI=1S/C42H26N6O/c1-4-11-27(12-5-1)32-17-10-18-33(23-32)36-38-37(45-26-44-36)35-24-34(25-43-42(35)49-38)28-19-21-31(22-20-28)41-47-39(29-13-6-2-7-14-29)46-40(48-41)30-15-8-3-9-16-30/h1-26H. The summed E-state index contributed by atoms with van der Waals surface area (Å²) >= 11 is 0. The van der Waals surface area contributed by atoms with E-state index in [2.05, 4.69) is 52.4 Å².